The smallest absolute Gasteiger partial charge is 0.110 e. The monoisotopic (exact) mass is 200 g/mol. The fourth-order valence-corrected chi connectivity index (χ4v) is 1.28. The van der Waals surface area contributed by atoms with Crippen molar-refractivity contribution in [3.8, 4) is 0 Å². The van der Waals surface area contributed by atoms with Crippen molar-refractivity contribution in [3.05, 3.63) is 28.0 Å². The van der Waals surface area contributed by atoms with Gasteiger partial charge in [-0.25, -0.2) is 4.98 Å². The molecule has 0 bridgehead atoms. The zero-order chi connectivity index (χ0) is 7.56. The van der Waals surface area contributed by atoms with Crippen molar-refractivity contribution in [1.29, 1.82) is 0 Å². The van der Waals surface area contributed by atoms with Crippen LogP contribution in [0.2, 0.25) is 0 Å². The third-order valence-corrected chi connectivity index (χ3v) is 1.97. The Hall–Kier alpha value is -0.410. The highest BCUT2D eigenvalue weighted by Crippen LogP contribution is 2.12. The molecule has 1 aromatic heterocycles. The highest BCUT2D eigenvalue weighted by molar-refractivity contribution is 9.10. The number of halogens is 1. The Labute approximate surface area is 68.6 Å². The first kappa shape index (κ1) is 7.69. The summed E-state index contributed by atoms with van der Waals surface area (Å²) in [5, 5.41) is 0. The van der Waals surface area contributed by atoms with E-state index < -0.39 is 0 Å². The molecule has 1 heterocycles. The number of nitrogens with zero attached hydrogens (tertiary/aromatic N) is 1. The molecule has 0 atom stereocenters. The van der Waals surface area contributed by atoms with Crippen molar-refractivity contribution in [3.63, 3.8) is 0 Å². The molecule has 0 aromatic carbocycles. The molecule has 10 heavy (non-hydrogen) atoms. The molecular weight excluding hydrogens is 192 g/mol. The van der Waals surface area contributed by atoms with Gasteiger partial charge in [-0.05, 0) is 34.5 Å². The van der Waals surface area contributed by atoms with Gasteiger partial charge in [0.1, 0.15) is 4.60 Å². The van der Waals surface area contributed by atoms with Crippen LogP contribution >= 0.6 is 15.9 Å². The topological polar surface area (TPSA) is 38.9 Å². The van der Waals surface area contributed by atoms with Crippen molar-refractivity contribution in [2.24, 2.45) is 5.73 Å². The van der Waals surface area contributed by atoms with Crippen molar-refractivity contribution < 1.29 is 0 Å². The van der Waals surface area contributed by atoms with Crippen LogP contribution in [-0.4, -0.2) is 4.98 Å². The highest BCUT2D eigenvalue weighted by Gasteiger charge is 1.96. The number of aryl methyl sites for hydroxylation is 1. The summed E-state index contributed by atoms with van der Waals surface area (Å²) in [5.41, 5.74) is 7.48. The molecule has 2 nitrogen and oxygen atoms in total. The Morgan fingerprint density at radius 1 is 1.60 bits per heavy atom. The van der Waals surface area contributed by atoms with Gasteiger partial charge in [0.2, 0.25) is 0 Å². The maximum atomic E-state index is 5.43. The second-order valence-electron chi connectivity index (χ2n) is 2.11. The second-order valence-corrected chi connectivity index (χ2v) is 2.86. The van der Waals surface area contributed by atoms with Crippen LogP contribution in [0.25, 0.3) is 0 Å². The molecule has 1 aromatic rings. The SMILES string of the molecule is Cc1ccc(CN)c(Br)n1. The molecule has 0 unspecified atom stereocenters. The first-order valence-electron chi connectivity index (χ1n) is 3.06. The number of hydrogen-bond donors (Lipinski definition) is 1. The maximum absolute atomic E-state index is 5.43. The summed E-state index contributed by atoms with van der Waals surface area (Å²) in [5.74, 6) is 0. The number of nitrogens with two attached hydrogens (primary N) is 1. The van der Waals surface area contributed by atoms with E-state index in [4.69, 9.17) is 5.73 Å². The zero-order valence-corrected chi connectivity index (χ0v) is 7.35. The number of hydrogen-bond acceptors (Lipinski definition) is 2. The van der Waals surface area contributed by atoms with Gasteiger partial charge >= 0.3 is 0 Å². The molecule has 1 rings (SSSR count). The maximum Gasteiger partial charge on any atom is 0.110 e. The van der Waals surface area contributed by atoms with Crippen LogP contribution in [0.4, 0.5) is 0 Å². The van der Waals surface area contributed by atoms with E-state index in [0.29, 0.717) is 6.54 Å². The number of aromatic nitrogens is 1. The summed E-state index contributed by atoms with van der Waals surface area (Å²) in [7, 11) is 0. The summed E-state index contributed by atoms with van der Waals surface area (Å²) in [6.45, 7) is 2.49. The molecule has 0 saturated heterocycles. The second kappa shape index (κ2) is 3.12. The average molecular weight is 201 g/mol. The van der Waals surface area contributed by atoms with Crippen LogP contribution in [0.3, 0.4) is 0 Å². The fourth-order valence-electron chi connectivity index (χ4n) is 0.706. The Bertz CT molecular complexity index is 235. The summed E-state index contributed by atoms with van der Waals surface area (Å²) in [6.07, 6.45) is 0. The zero-order valence-electron chi connectivity index (χ0n) is 5.76. The summed E-state index contributed by atoms with van der Waals surface area (Å²) < 4.78 is 0.856. The minimum absolute atomic E-state index is 0.536. The van der Waals surface area contributed by atoms with Gasteiger partial charge in [0.25, 0.3) is 0 Å². The van der Waals surface area contributed by atoms with E-state index in [1.165, 1.54) is 0 Å². The lowest BCUT2D eigenvalue weighted by atomic mass is 10.2. The van der Waals surface area contributed by atoms with Crippen molar-refractivity contribution in [2.45, 2.75) is 13.5 Å². The van der Waals surface area contributed by atoms with Gasteiger partial charge in [0.15, 0.2) is 0 Å². The van der Waals surface area contributed by atoms with Gasteiger partial charge in [0.05, 0.1) is 0 Å². The van der Waals surface area contributed by atoms with Gasteiger partial charge < -0.3 is 5.73 Å². The van der Waals surface area contributed by atoms with E-state index in [1.54, 1.807) is 0 Å². The number of pyridine rings is 1. The van der Waals surface area contributed by atoms with E-state index >= 15 is 0 Å². The van der Waals surface area contributed by atoms with Gasteiger partial charge in [-0.1, -0.05) is 6.07 Å². The van der Waals surface area contributed by atoms with E-state index in [-0.39, 0.29) is 0 Å². The molecule has 0 spiro atoms. The van der Waals surface area contributed by atoms with Crippen LogP contribution in [0, 0.1) is 6.92 Å². The van der Waals surface area contributed by atoms with Crippen molar-refractivity contribution >= 4 is 15.9 Å². The molecule has 0 aliphatic heterocycles. The summed E-state index contributed by atoms with van der Waals surface area (Å²) in [6, 6.07) is 3.93. The van der Waals surface area contributed by atoms with Crippen LogP contribution in [0.15, 0.2) is 16.7 Å². The third-order valence-electron chi connectivity index (χ3n) is 1.29. The minimum Gasteiger partial charge on any atom is -0.326 e. The lowest BCUT2D eigenvalue weighted by Crippen LogP contribution is -1.98. The number of rotatable bonds is 1. The molecule has 54 valence electrons. The van der Waals surface area contributed by atoms with Gasteiger partial charge in [-0.3, -0.25) is 0 Å². The molecule has 0 radical (unpaired) electrons. The van der Waals surface area contributed by atoms with Crippen LogP contribution in [0.1, 0.15) is 11.3 Å². The normalized spacial score (nSPS) is 9.90. The van der Waals surface area contributed by atoms with Gasteiger partial charge in [-0.2, -0.15) is 0 Å². The molecule has 0 fully saturated rings. The van der Waals surface area contributed by atoms with Gasteiger partial charge in [-0.15, -0.1) is 0 Å². The van der Waals surface area contributed by atoms with Crippen molar-refractivity contribution in [1.82, 2.24) is 4.98 Å². The Balaban J connectivity index is 3.07. The molecular formula is C7H9BrN2. The van der Waals surface area contributed by atoms with E-state index in [2.05, 4.69) is 20.9 Å². The van der Waals surface area contributed by atoms with Gasteiger partial charge in [0, 0.05) is 12.2 Å². The summed E-state index contributed by atoms with van der Waals surface area (Å²) in [4.78, 5) is 4.18. The van der Waals surface area contributed by atoms with Crippen LogP contribution < -0.4 is 5.73 Å². The molecule has 0 saturated carbocycles. The van der Waals surface area contributed by atoms with E-state index in [0.717, 1.165) is 15.9 Å². The molecule has 0 aliphatic rings. The van der Waals surface area contributed by atoms with E-state index in [1.807, 2.05) is 19.1 Å². The van der Waals surface area contributed by atoms with E-state index in [9.17, 15) is 0 Å². The Kier molecular flexibility index (Phi) is 2.40. The summed E-state index contributed by atoms with van der Waals surface area (Å²) >= 11 is 3.32. The standard InChI is InChI=1S/C7H9BrN2/c1-5-2-3-6(4-9)7(8)10-5/h2-3H,4,9H2,1H3. The van der Waals surface area contributed by atoms with Crippen molar-refractivity contribution in [2.75, 3.05) is 0 Å². The molecule has 0 aliphatic carbocycles. The molecule has 2 N–H and O–H groups in total. The molecule has 0 amide bonds. The predicted octanol–water partition coefficient (Wildman–Crippen LogP) is 1.61. The Morgan fingerprint density at radius 3 is 2.80 bits per heavy atom. The molecule has 3 heteroatoms. The van der Waals surface area contributed by atoms with Crippen LogP contribution in [0.5, 0.6) is 0 Å². The first-order chi connectivity index (χ1) is 4.74. The lowest BCUT2D eigenvalue weighted by Gasteiger charge is -1.99. The third kappa shape index (κ3) is 1.55. The average Bonchev–Trinajstić information content (AvgIpc) is 1.88. The minimum atomic E-state index is 0.536. The fraction of sp³-hybridized carbons (Fsp3) is 0.286. The quantitative estimate of drug-likeness (QED) is 0.701. The first-order valence-corrected chi connectivity index (χ1v) is 3.85. The lowest BCUT2D eigenvalue weighted by molar-refractivity contribution is 1.01. The van der Waals surface area contributed by atoms with Crippen LogP contribution in [-0.2, 0) is 6.54 Å². The Morgan fingerprint density at radius 2 is 2.30 bits per heavy atom. The highest BCUT2D eigenvalue weighted by atomic mass is 79.9. The largest absolute Gasteiger partial charge is 0.326 e. The predicted molar refractivity (Wildman–Crippen MR) is 44.6 cm³/mol.